The van der Waals surface area contributed by atoms with Crippen LogP contribution in [-0.4, -0.2) is 34.9 Å². The highest BCUT2D eigenvalue weighted by atomic mass is 19.1. The molecule has 1 N–H and O–H groups in total. The van der Waals surface area contributed by atoms with E-state index >= 15 is 4.39 Å². The summed E-state index contributed by atoms with van der Waals surface area (Å²) in [4.78, 5) is 17.6. The zero-order chi connectivity index (χ0) is 32.5. The lowest BCUT2D eigenvalue weighted by atomic mass is 9.83. The van der Waals surface area contributed by atoms with E-state index in [1.54, 1.807) is 39.8 Å². The van der Waals surface area contributed by atoms with Crippen LogP contribution in [-0.2, 0) is 22.4 Å². The van der Waals surface area contributed by atoms with Gasteiger partial charge in [-0.05, 0) is 113 Å². The molecule has 1 aromatic heterocycles. The summed E-state index contributed by atoms with van der Waals surface area (Å²) in [6.07, 6.45) is 0.687. The second-order valence-corrected chi connectivity index (χ2v) is 12.4. The molecule has 0 fully saturated rings. The van der Waals surface area contributed by atoms with Gasteiger partial charge in [-0.25, -0.2) is 13.6 Å². The highest BCUT2D eigenvalue weighted by molar-refractivity contribution is 5.92. The van der Waals surface area contributed by atoms with Crippen LogP contribution in [0.25, 0.3) is 22.3 Å². The fourth-order valence-electron chi connectivity index (χ4n) is 5.98. The van der Waals surface area contributed by atoms with Gasteiger partial charge in [0, 0.05) is 34.5 Å². The molecule has 0 radical (unpaired) electrons. The van der Waals surface area contributed by atoms with E-state index in [0.29, 0.717) is 65.4 Å². The lowest BCUT2D eigenvalue weighted by Crippen LogP contribution is -2.28. The highest BCUT2D eigenvalue weighted by Crippen LogP contribution is 2.46. The van der Waals surface area contributed by atoms with Crippen molar-refractivity contribution in [3.8, 4) is 33.8 Å². The SMILES string of the molecule is Cc1nc(C)c(C(OC(C)(C)C)C(=O)O)c(-c2cc(F)c3c(c2C)CCCO3)c1-c1ccc(OCCc2ccc(F)cc2)cc1. The van der Waals surface area contributed by atoms with Crippen molar-refractivity contribution in [2.24, 2.45) is 0 Å². The molecule has 5 rings (SSSR count). The molecule has 0 amide bonds. The van der Waals surface area contributed by atoms with Crippen LogP contribution in [0.5, 0.6) is 11.5 Å². The van der Waals surface area contributed by atoms with E-state index in [9.17, 15) is 14.3 Å². The summed E-state index contributed by atoms with van der Waals surface area (Å²) in [5.41, 5.74) is 5.98. The Morgan fingerprint density at radius 1 is 1.00 bits per heavy atom. The van der Waals surface area contributed by atoms with Crippen LogP contribution in [0.2, 0.25) is 0 Å². The summed E-state index contributed by atoms with van der Waals surface area (Å²) in [5, 5.41) is 10.5. The Morgan fingerprint density at radius 3 is 2.33 bits per heavy atom. The number of carbonyl (C=O) groups is 1. The smallest absolute Gasteiger partial charge is 0.337 e. The lowest BCUT2D eigenvalue weighted by Gasteiger charge is -2.30. The number of pyridine rings is 1. The zero-order valence-corrected chi connectivity index (χ0v) is 26.6. The maximum atomic E-state index is 15.7. The maximum Gasteiger partial charge on any atom is 0.337 e. The van der Waals surface area contributed by atoms with Crippen molar-refractivity contribution in [3.63, 3.8) is 0 Å². The molecule has 1 aliphatic heterocycles. The van der Waals surface area contributed by atoms with Crippen molar-refractivity contribution in [2.75, 3.05) is 13.2 Å². The van der Waals surface area contributed by atoms with Gasteiger partial charge in [0.25, 0.3) is 0 Å². The standard InChI is InChI=1S/C37H39F2NO5/c1-21-28-8-7-18-44-34(28)30(39)20-29(21)33-31(22(2)40-23(3)32(33)35(36(41)42)45-37(4,5)6)25-11-15-27(16-12-25)43-19-17-24-9-13-26(38)14-10-24/h9-16,20,35H,7-8,17-19H2,1-6H3,(H,41,42). The predicted molar refractivity (Wildman–Crippen MR) is 170 cm³/mol. The number of carboxylic acids is 1. The fraction of sp³-hybridized carbons (Fsp3) is 0.351. The van der Waals surface area contributed by atoms with E-state index in [0.717, 1.165) is 28.7 Å². The minimum Gasteiger partial charge on any atom is -0.493 e. The topological polar surface area (TPSA) is 77.9 Å². The largest absolute Gasteiger partial charge is 0.493 e. The number of ether oxygens (including phenoxy) is 3. The van der Waals surface area contributed by atoms with Crippen LogP contribution in [0.4, 0.5) is 8.78 Å². The van der Waals surface area contributed by atoms with Gasteiger partial charge >= 0.3 is 5.97 Å². The molecule has 1 aliphatic rings. The lowest BCUT2D eigenvalue weighted by molar-refractivity contribution is -0.160. The second-order valence-electron chi connectivity index (χ2n) is 12.4. The summed E-state index contributed by atoms with van der Waals surface area (Å²) in [6.45, 7) is 11.8. The van der Waals surface area contributed by atoms with Crippen molar-refractivity contribution in [1.29, 1.82) is 0 Å². The molecular formula is C37H39F2NO5. The number of aromatic nitrogens is 1. The number of hydrogen-bond donors (Lipinski definition) is 1. The summed E-state index contributed by atoms with van der Waals surface area (Å²) in [5.74, 6) is -1.01. The number of hydrogen-bond acceptors (Lipinski definition) is 5. The van der Waals surface area contributed by atoms with Crippen molar-refractivity contribution >= 4 is 5.97 Å². The minimum atomic E-state index is -1.35. The Balaban J connectivity index is 1.64. The molecule has 6 nitrogen and oxygen atoms in total. The Morgan fingerprint density at radius 2 is 1.69 bits per heavy atom. The molecule has 8 heteroatoms. The molecule has 0 aliphatic carbocycles. The second kappa shape index (κ2) is 13.0. The van der Waals surface area contributed by atoms with Crippen LogP contribution in [0.1, 0.15) is 66.9 Å². The zero-order valence-electron chi connectivity index (χ0n) is 26.6. The first-order valence-corrected chi connectivity index (χ1v) is 15.2. The fourth-order valence-corrected chi connectivity index (χ4v) is 5.98. The van der Waals surface area contributed by atoms with Gasteiger partial charge in [0.2, 0.25) is 0 Å². The third kappa shape index (κ3) is 7.01. The molecule has 236 valence electrons. The van der Waals surface area contributed by atoms with Crippen LogP contribution in [0, 0.1) is 32.4 Å². The van der Waals surface area contributed by atoms with Gasteiger partial charge in [-0.2, -0.15) is 0 Å². The Kier molecular flexibility index (Phi) is 9.26. The third-order valence-corrected chi connectivity index (χ3v) is 7.99. The average Bonchev–Trinajstić information content (AvgIpc) is 2.99. The maximum absolute atomic E-state index is 15.7. The van der Waals surface area contributed by atoms with E-state index in [1.165, 1.54) is 18.2 Å². The Labute approximate surface area is 263 Å². The van der Waals surface area contributed by atoms with Gasteiger partial charge in [-0.3, -0.25) is 4.98 Å². The number of aryl methyl sites for hydroxylation is 2. The van der Waals surface area contributed by atoms with Gasteiger partial charge in [0.15, 0.2) is 17.7 Å². The molecular weight excluding hydrogens is 576 g/mol. The summed E-state index contributed by atoms with van der Waals surface area (Å²) >= 11 is 0. The van der Waals surface area contributed by atoms with Gasteiger partial charge in [-0.1, -0.05) is 24.3 Å². The molecule has 2 heterocycles. The van der Waals surface area contributed by atoms with E-state index in [1.807, 2.05) is 38.1 Å². The van der Waals surface area contributed by atoms with E-state index in [2.05, 4.69) is 0 Å². The quantitative estimate of drug-likeness (QED) is 0.203. The number of aliphatic carboxylic acids is 1. The Bertz CT molecular complexity index is 1710. The number of benzene rings is 3. The first kappa shape index (κ1) is 32.1. The van der Waals surface area contributed by atoms with Crippen molar-refractivity contribution in [2.45, 2.75) is 72.5 Å². The van der Waals surface area contributed by atoms with Gasteiger partial charge in [0.05, 0.1) is 18.8 Å². The molecule has 1 atom stereocenters. The predicted octanol–water partition coefficient (Wildman–Crippen LogP) is 8.51. The van der Waals surface area contributed by atoms with Crippen LogP contribution < -0.4 is 9.47 Å². The molecule has 0 spiro atoms. The van der Waals surface area contributed by atoms with Gasteiger partial charge < -0.3 is 19.3 Å². The molecule has 0 bridgehead atoms. The van der Waals surface area contributed by atoms with E-state index in [4.69, 9.17) is 19.2 Å². The van der Waals surface area contributed by atoms with Crippen LogP contribution in [0.15, 0.2) is 54.6 Å². The molecule has 1 unspecified atom stereocenters. The summed E-state index contributed by atoms with van der Waals surface area (Å²) < 4.78 is 46.8. The summed E-state index contributed by atoms with van der Waals surface area (Å²) in [7, 11) is 0. The van der Waals surface area contributed by atoms with Crippen LogP contribution >= 0.6 is 0 Å². The van der Waals surface area contributed by atoms with Crippen LogP contribution in [0.3, 0.4) is 0 Å². The van der Waals surface area contributed by atoms with Crippen molar-refractivity contribution in [1.82, 2.24) is 4.98 Å². The number of nitrogens with zero attached hydrogens (tertiary/aromatic N) is 1. The minimum absolute atomic E-state index is 0.260. The molecule has 4 aromatic rings. The molecule has 3 aromatic carbocycles. The molecule has 45 heavy (non-hydrogen) atoms. The van der Waals surface area contributed by atoms with E-state index < -0.39 is 23.5 Å². The number of rotatable bonds is 9. The molecule has 0 saturated heterocycles. The van der Waals surface area contributed by atoms with Crippen molar-refractivity contribution in [3.05, 3.63) is 99.9 Å². The average molecular weight is 616 g/mol. The number of halogens is 2. The van der Waals surface area contributed by atoms with Gasteiger partial charge in [-0.15, -0.1) is 0 Å². The third-order valence-electron chi connectivity index (χ3n) is 7.99. The first-order valence-electron chi connectivity index (χ1n) is 15.2. The monoisotopic (exact) mass is 615 g/mol. The normalized spacial score (nSPS) is 13.6. The van der Waals surface area contributed by atoms with Crippen molar-refractivity contribution < 1.29 is 32.9 Å². The number of fused-ring (bicyclic) bond motifs is 1. The van der Waals surface area contributed by atoms with Gasteiger partial charge in [0.1, 0.15) is 11.6 Å². The Hall–Kier alpha value is -4.30. The molecule has 0 saturated carbocycles. The highest BCUT2D eigenvalue weighted by Gasteiger charge is 2.34. The number of carboxylic acid groups (broad SMARTS) is 1. The van der Waals surface area contributed by atoms with E-state index in [-0.39, 0.29) is 11.6 Å². The summed E-state index contributed by atoms with van der Waals surface area (Å²) in [6, 6.07) is 15.3. The first-order chi connectivity index (χ1) is 21.3.